The predicted molar refractivity (Wildman–Crippen MR) is 85.8 cm³/mol. The zero-order valence-electron chi connectivity index (χ0n) is 12.5. The van der Waals surface area contributed by atoms with Gasteiger partial charge in [0.15, 0.2) is 6.61 Å². The van der Waals surface area contributed by atoms with Crippen LogP contribution in [0.25, 0.3) is 0 Å². The lowest BCUT2D eigenvalue weighted by Gasteiger charge is -2.18. The first-order chi connectivity index (χ1) is 11.0. The van der Waals surface area contributed by atoms with Crippen molar-refractivity contribution in [2.75, 3.05) is 11.9 Å². The number of nitrogens with one attached hydrogen (secondary N) is 2. The molecule has 0 aliphatic carbocycles. The molecule has 3 rings (SSSR count). The molecule has 23 heavy (non-hydrogen) atoms. The van der Waals surface area contributed by atoms with Gasteiger partial charge in [0.05, 0.1) is 10.6 Å². The molecule has 0 unspecified atom stereocenters. The van der Waals surface area contributed by atoms with Crippen LogP contribution in [0.1, 0.15) is 11.1 Å². The smallest absolute Gasteiger partial charge is 0.262 e. The molecule has 0 saturated carbocycles. The van der Waals surface area contributed by atoms with Crippen molar-refractivity contribution < 1.29 is 17.9 Å². The highest BCUT2D eigenvalue weighted by atomic mass is 32.2. The number of carbonyl (C=O) groups is 1. The summed E-state index contributed by atoms with van der Waals surface area (Å²) in [5.74, 6) is 0.352. The molecule has 2 aromatic rings. The maximum atomic E-state index is 12.4. The number of benzene rings is 2. The Hall–Kier alpha value is -2.38. The van der Waals surface area contributed by atoms with Gasteiger partial charge in [-0.15, -0.1) is 0 Å². The van der Waals surface area contributed by atoms with E-state index in [0.717, 1.165) is 5.56 Å². The van der Waals surface area contributed by atoms with Crippen molar-refractivity contribution in [3.8, 4) is 5.75 Å². The second-order valence-electron chi connectivity index (χ2n) is 5.26. The van der Waals surface area contributed by atoms with E-state index in [1.165, 1.54) is 0 Å². The summed E-state index contributed by atoms with van der Waals surface area (Å²) in [7, 11) is -3.59. The average molecular weight is 332 g/mol. The van der Waals surface area contributed by atoms with E-state index in [4.69, 9.17) is 4.74 Å². The Kier molecular flexibility index (Phi) is 4.06. The molecule has 1 amide bonds. The highest BCUT2D eigenvalue weighted by molar-refractivity contribution is 7.89. The quantitative estimate of drug-likeness (QED) is 0.894. The predicted octanol–water partition coefficient (Wildman–Crippen LogP) is 1.80. The third-order valence-electron chi connectivity index (χ3n) is 3.53. The summed E-state index contributed by atoms with van der Waals surface area (Å²) in [6.45, 7) is 1.87. The summed E-state index contributed by atoms with van der Waals surface area (Å²) < 4.78 is 32.6. The first-order valence-corrected chi connectivity index (χ1v) is 8.55. The minimum absolute atomic E-state index is 0.00768. The Labute approximate surface area is 134 Å². The van der Waals surface area contributed by atoms with Gasteiger partial charge in [-0.2, -0.15) is 0 Å². The highest BCUT2D eigenvalue weighted by Crippen LogP contribution is 2.28. The molecule has 0 saturated heterocycles. The van der Waals surface area contributed by atoms with Gasteiger partial charge >= 0.3 is 0 Å². The van der Waals surface area contributed by atoms with Crippen molar-refractivity contribution in [3.63, 3.8) is 0 Å². The molecule has 6 nitrogen and oxygen atoms in total. The monoisotopic (exact) mass is 332 g/mol. The van der Waals surface area contributed by atoms with Crippen LogP contribution in [0.5, 0.6) is 5.75 Å². The first-order valence-electron chi connectivity index (χ1n) is 7.06. The summed E-state index contributed by atoms with van der Waals surface area (Å²) in [5, 5.41) is 2.70. The number of amides is 1. The van der Waals surface area contributed by atoms with Crippen LogP contribution in [0.3, 0.4) is 0 Å². The fourth-order valence-corrected chi connectivity index (χ4v) is 3.62. The largest absolute Gasteiger partial charge is 0.482 e. The second-order valence-corrected chi connectivity index (χ2v) is 6.99. The van der Waals surface area contributed by atoms with Gasteiger partial charge in [-0.3, -0.25) is 4.79 Å². The topological polar surface area (TPSA) is 84.5 Å². The molecule has 120 valence electrons. The fourth-order valence-electron chi connectivity index (χ4n) is 2.35. The van der Waals surface area contributed by atoms with Gasteiger partial charge in [0.25, 0.3) is 5.91 Å². The minimum Gasteiger partial charge on any atom is -0.482 e. The molecule has 1 aliphatic heterocycles. The number of rotatable bonds is 4. The van der Waals surface area contributed by atoms with Gasteiger partial charge in [0.1, 0.15) is 5.75 Å². The number of fused-ring (bicyclic) bond motifs is 1. The van der Waals surface area contributed by atoms with Gasteiger partial charge in [0, 0.05) is 6.54 Å². The molecule has 1 aliphatic rings. The van der Waals surface area contributed by atoms with Crippen molar-refractivity contribution in [1.82, 2.24) is 4.72 Å². The Morgan fingerprint density at radius 2 is 2.00 bits per heavy atom. The lowest BCUT2D eigenvalue weighted by Crippen LogP contribution is -2.26. The Morgan fingerprint density at radius 3 is 2.78 bits per heavy atom. The Bertz CT molecular complexity index is 862. The maximum Gasteiger partial charge on any atom is 0.262 e. The molecule has 0 aromatic heterocycles. The molecule has 0 bridgehead atoms. The zero-order chi connectivity index (χ0) is 16.4. The van der Waals surface area contributed by atoms with Crippen LogP contribution < -0.4 is 14.8 Å². The fraction of sp³-hybridized carbons (Fsp3) is 0.188. The van der Waals surface area contributed by atoms with Gasteiger partial charge in [-0.1, -0.05) is 24.3 Å². The molecule has 0 radical (unpaired) electrons. The number of carbonyl (C=O) groups excluding carboxylic acids is 1. The molecule has 0 atom stereocenters. The average Bonchev–Trinajstić information content (AvgIpc) is 2.53. The number of aryl methyl sites for hydroxylation is 1. The molecular weight excluding hydrogens is 316 g/mol. The van der Waals surface area contributed by atoms with Crippen molar-refractivity contribution in [1.29, 1.82) is 0 Å². The summed E-state index contributed by atoms with van der Waals surface area (Å²) in [4.78, 5) is 11.6. The van der Waals surface area contributed by atoms with Gasteiger partial charge in [-0.05, 0) is 36.2 Å². The normalized spacial score (nSPS) is 13.9. The van der Waals surface area contributed by atoms with Crippen LogP contribution in [0, 0.1) is 6.92 Å². The van der Waals surface area contributed by atoms with Crippen LogP contribution in [0.4, 0.5) is 5.69 Å². The molecule has 2 aromatic carbocycles. The molecule has 7 heteroatoms. The van der Waals surface area contributed by atoms with E-state index in [1.807, 2.05) is 0 Å². The lowest BCUT2D eigenvalue weighted by atomic mass is 10.1. The Balaban J connectivity index is 1.77. The molecule has 0 fully saturated rings. The van der Waals surface area contributed by atoms with Crippen molar-refractivity contribution in [2.24, 2.45) is 0 Å². The van der Waals surface area contributed by atoms with Crippen LogP contribution in [0.15, 0.2) is 47.4 Å². The van der Waals surface area contributed by atoms with Crippen LogP contribution in [-0.4, -0.2) is 20.9 Å². The number of ether oxygens (including phenoxy) is 1. The van der Waals surface area contributed by atoms with E-state index < -0.39 is 10.0 Å². The van der Waals surface area contributed by atoms with E-state index in [2.05, 4.69) is 10.0 Å². The molecular formula is C16H16N2O4S. The van der Waals surface area contributed by atoms with E-state index in [-0.39, 0.29) is 24.0 Å². The van der Waals surface area contributed by atoms with Gasteiger partial charge < -0.3 is 10.1 Å². The van der Waals surface area contributed by atoms with Crippen LogP contribution in [-0.2, 0) is 21.4 Å². The van der Waals surface area contributed by atoms with Crippen LogP contribution >= 0.6 is 0 Å². The molecule has 0 spiro atoms. The van der Waals surface area contributed by atoms with Gasteiger partial charge in [0.2, 0.25) is 10.0 Å². The van der Waals surface area contributed by atoms with E-state index >= 15 is 0 Å². The number of hydrogen-bond donors (Lipinski definition) is 2. The molecule has 1 heterocycles. The SMILES string of the molecule is Cc1ccccc1S(=O)(=O)NCc1ccc2c(c1)NC(=O)CO2. The summed E-state index contributed by atoms with van der Waals surface area (Å²) in [6.07, 6.45) is 0. The van der Waals surface area contributed by atoms with Crippen molar-refractivity contribution >= 4 is 21.6 Å². The number of sulfonamides is 1. The number of anilines is 1. The lowest BCUT2D eigenvalue weighted by molar-refractivity contribution is -0.118. The van der Waals surface area contributed by atoms with Crippen LogP contribution in [0.2, 0.25) is 0 Å². The van der Waals surface area contributed by atoms with Gasteiger partial charge in [-0.25, -0.2) is 13.1 Å². The van der Waals surface area contributed by atoms with Crippen molar-refractivity contribution in [3.05, 3.63) is 53.6 Å². The second kappa shape index (κ2) is 6.02. The summed E-state index contributed by atoms with van der Waals surface area (Å²) >= 11 is 0. The number of hydrogen-bond acceptors (Lipinski definition) is 4. The van der Waals surface area contributed by atoms with E-state index in [1.54, 1.807) is 49.4 Å². The maximum absolute atomic E-state index is 12.4. The minimum atomic E-state index is -3.59. The summed E-state index contributed by atoms with van der Waals surface area (Å²) in [5.41, 5.74) is 1.96. The molecule has 2 N–H and O–H groups in total. The zero-order valence-corrected chi connectivity index (χ0v) is 13.3. The van der Waals surface area contributed by atoms with E-state index in [0.29, 0.717) is 17.0 Å². The first kappa shape index (κ1) is 15.5. The van der Waals surface area contributed by atoms with Crippen molar-refractivity contribution in [2.45, 2.75) is 18.4 Å². The standard InChI is InChI=1S/C16H16N2O4S/c1-11-4-2-3-5-15(11)23(20,21)17-9-12-6-7-14-13(8-12)18-16(19)10-22-14/h2-8,17H,9-10H2,1H3,(H,18,19). The Morgan fingerprint density at radius 1 is 1.22 bits per heavy atom. The van der Waals surface area contributed by atoms with E-state index in [9.17, 15) is 13.2 Å². The third kappa shape index (κ3) is 3.35. The third-order valence-corrected chi connectivity index (χ3v) is 5.09. The summed E-state index contributed by atoms with van der Waals surface area (Å²) in [6, 6.07) is 12.0. The highest BCUT2D eigenvalue weighted by Gasteiger charge is 2.18.